The molecule has 4 rings (SSSR count). The summed E-state index contributed by atoms with van der Waals surface area (Å²) >= 11 is 0. The van der Waals surface area contributed by atoms with Gasteiger partial charge in [-0.1, -0.05) is 42.5 Å². The van der Waals surface area contributed by atoms with E-state index < -0.39 is 0 Å². The number of aryl methyl sites for hydroxylation is 3. The molecule has 0 aliphatic heterocycles. The van der Waals surface area contributed by atoms with Crippen LogP contribution in [0.2, 0.25) is 0 Å². The largest absolute Gasteiger partial charge is 0.287 e. The molecule has 2 nitrogen and oxygen atoms in total. The molecular formula is C20H19N2+. The quantitative estimate of drug-likeness (QED) is 0.487. The molecule has 22 heavy (non-hydrogen) atoms. The number of hydrogen-bond donors (Lipinski definition) is 0. The summed E-state index contributed by atoms with van der Waals surface area (Å²) in [5.74, 6) is 0. The molecule has 1 heterocycles. The monoisotopic (exact) mass is 287 g/mol. The second-order valence-electron chi connectivity index (χ2n) is 6.13. The van der Waals surface area contributed by atoms with Gasteiger partial charge in [0.2, 0.25) is 0 Å². The average Bonchev–Trinajstić information content (AvgIpc) is 2.88. The van der Waals surface area contributed by atoms with Gasteiger partial charge in [0.1, 0.15) is 5.69 Å². The van der Waals surface area contributed by atoms with Crippen molar-refractivity contribution in [3.8, 4) is 22.5 Å². The maximum absolute atomic E-state index is 4.74. The van der Waals surface area contributed by atoms with Crippen molar-refractivity contribution in [3.63, 3.8) is 0 Å². The number of fused-ring (bicyclic) bond motifs is 3. The zero-order valence-corrected chi connectivity index (χ0v) is 13.2. The van der Waals surface area contributed by atoms with E-state index in [-0.39, 0.29) is 0 Å². The zero-order valence-electron chi connectivity index (χ0n) is 13.2. The van der Waals surface area contributed by atoms with E-state index in [1.165, 1.54) is 39.1 Å². The maximum Gasteiger partial charge on any atom is 0.287 e. The molecule has 0 unspecified atom stereocenters. The van der Waals surface area contributed by atoms with Crippen molar-refractivity contribution in [1.82, 2.24) is 4.98 Å². The van der Waals surface area contributed by atoms with Gasteiger partial charge >= 0.3 is 0 Å². The predicted molar refractivity (Wildman–Crippen MR) is 88.6 cm³/mol. The van der Waals surface area contributed by atoms with Crippen LogP contribution in [0.4, 0.5) is 0 Å². The number of benzene rings is 2. The average molecular weight is 287 g/mol. The predicted octanol–water partition coefficient (Wildman–Crippen LogP) is 3.76. The molecule has 0 radical (unpaired) electrons. The molecule has 0 bridgehead atoms. The normalized spacial score (nSPS) is 12.1. The molecule has 1 aliphatic rings. The highest BCUT2D eigenvalue weighted by molar-refractivity contribution is 5.81. The van der Waals surface area contributed by atoms with Crippen LogP contribution in [0.1, 0.15) is 22.3 Å². The minimum absolute atomic E-state index is 0.970. The number of nitrogens with zero attached hydrogens (tertiary/aromatic N) is 2. The Morgan fingerprint density at radius 3 is 2.55 bits per heavy atom. The molecule has 0 saturated heterocycles. The van der Waals surface area contributed by atoms with Crippen molar-refractivity contribution in [3.05, 3.63) is 71.0 Å². The van der Waals surface area contributed by atoms with Gasteiger partial charge in [0.25, 0.3) is 6.33 Å². The lowest BCUT2D eigenvalue weighted by molar-refractivity contribution is -0.663. The first kappa shape index (κ1) is 13.2. The van der Waals surface area contributed by atoms with Gasteiger partial charge in [-0.25, -0.2) is 4.57 Å². The van der Waals surface area contributed by atoms with Gasteiger partial charge in [0.05, 0.1) is 12.6 Å². The lowest BCUT2D eigenvalue weighted by atomic mass is 9.99. The Hall–Kier alpha value is -2.48. The Bertz CT molecular complexity index is 894. The fourth-order valence-corrected chi connectivity index (χ4v) is 3.58. The smallest absolute Gasteiger partial charge is 0.232 e. The highest BCUT2D eigenvalue weighted by atomic mass is 15.0. The summed E-state index contributed by atoms with van der Waals surface area (Å²) in [6.45, 7) is 4.35. The van der Waals surface area contributed by atoms with Crippen LogP contribution in [0, 0.1) is 13.8 Å². The first-order valence-electron chi connectivity index (χ1n) is 7.69. The summed E-state index contributed by atoms with van der Waals surface area (Å²) in [6.07, 6.45) is 2.92. The third-order valence-electron chi connectivity index (χ3n) is 4.65. The molecular weight excluding hydrogens is 268 g/mol. The van der Waals surface area contributed by atoms with Crippen LogP contribution in [0.25, 0.3) is 22.5 Å². The van der Waals surface area contributed by atoms with Crippen molar-refractivity contribution >= 4 is 0 Å². The van der Waals surface area contributed by atoms with Crippen LogP contribution >= 0.6 is 0 Å². The van der Waals surface area contributed by atoms with Crippen LogP contribution in [0.3, 0.4) is 0 Å². The summed E-state index contributed by atoms with van der Waals surface area (Å²) in [4.78, 5) is 4.74. The Labute approximate surface area is 131 Å². The van der Waals surface area contributed by atoms with E-state index in [4.69, 9.17) is 4.98 Å². The van der Waals surface area contributed by atoms with Gasteiger partial charge in [-0.05, 0) is 35.5 Å². The van der Waals surface area contributed by atoms with Crippen LogP contribution in [-0.4, -0.2) is 4.98 Å². The Morgan fingerprint density at radius 1 is 0.955 bits per heavy atom. The standard InChI is InChI=1S/C20H19N2/c1-13-7-4-5-10-16(13)20-17-11-15-9-6-8-14(2)18(15)19(17)21-12-22(20)3/h4-10,12H,11H2,1-3H3/q+1. The lowest BCUT2D eigenvalue weighted by Crippen LogP contribution is -2.33. The zero-order chi connectivity index (χ0) is 15.3. The van der Waals surface area contributed by atoms with Gasteiger partial charge in [-0.3, -0.25) is 0 Å². The summed E-state index contributed by atoms with van der Waals surface area (Å²) in [5, 5.41) is 0. The molecule has 2 aromatic carbocycles. The number of rotatable bonds is 1. The minimum atomic E-state index is 0.970. The second kappa shape index (κ2) is 4.77. The van der Waals surface area contributed by atoms with Crippen molar-refractivity contribution in [2.24, 2.45) is 7.05 Å². The fraction of sp³-hybridized carbons (Fsp3) is 0.200. The first-order chi connectivity index (χ1) is 10.7. The van der Waals surface area contributed by atoms with Crippen LogP contribution in [0.5, 0.6) is 0 Å². The minimum Gasteiger partial charge on any atom is -0.232 e. The first-order valence-corrected chi connectivity index (χ1v) is 7.69. The van der Waals surface area contributed by atoms with Crippen molar-refractivity contribution in [2.45, 2.75) is 20.3 Å². The third kappa shape index (κ3) is 1.80. The summed E-state index contributed by atoms with van der Waals surface area (Å²) < 4.78 is 2.16. The molecule has 0 N–H and O–H groups in total. The van der Waals surface area contributed by atoms with Crippen molar-refractivity contribution < 1.29 is 4.57 Å². The van der Waals surface area contributed by atoms with Gasteiger partial charge in [0.15, 0.2) is 5.69 Å². The van der Waals surface area contributed by atoms with Gasteiger partial charge in [-0.15, -0.1) is 0 Å². The van der Waals surface area contributed by atoms with Gasteiger partial charge < -0.3 is 0 Å². The molecule has 1 aliphatic carbocycles. The molecule has 2 heteroatoms. The van der Waals surface area contributed by atoms with Gasteiger partial charge in [-0.2, -0.15) is 0 Å². The highest BCUT2D eigenvalue weighted by Gasteiger charge is 2.31. The Kier molecular flexibility index (Phi) is 2.86. The lowest BCUT2D eigenvalue weighted by Gasteiger charge is -2.09. The van der Waals surface area contributed by atoms with Crippen LogP contribution in [-0.2, 0) is 13.5 Å². The van der Waals surface area contributed by atoms with E-state index in [2.05, 4.69) is 67.9 Å². The van der Waals surface area contributed by atoms with Crippen molar-refractivity contribution in [2.75, 3.05) is 0 Å². The van der Waals surface area contributed by atoms with E-state index in [1.807, 2.05) is 6.33 Å². The van der Waals surface area contributed by atoms with Crippen LogP contribution in [0.15, 0.2) is 48.8 Å². The van der Waals surface area contributed by atoms with E-state index in [1.54, 1.807) is 0 Å². The van der Waals surface area contributed by atoms with Gasteiger partial charge in [0, 0.05) is 17.5 Å². The summed E-state index contributed by atoms with van der Waals surface area (Å²) in [7, 11) is 2.09. The molecule has 0 atom stereocenters. The Balaban J connectivity index is 2.03. The third-order valence-corrected chi connectivity index (χ3v) is 4.65. The SMILES string of the molecule is Cc1ccccc1-c1c2c(nc[n+]1C)-c1c(C)cccc1C2. The molecule has 3 aromatic rings. The molecule has 0 amide bonds. The summed E-state index contributed by atoms with van der Waals surface area (Å²) in [6, 6.07) is 15.1. The molecule has 0 saturated carbocycles. The fourth-order valence-electron chi connectivity index (χ4n) is 3.58. The molecule has 0 spiro atoms. The molecule has 0 fully saturated rings. The topological polar surface area (TPSA) is 16.8 Å². The van der Waals surface area contributed by atoms with Crippen molar-refractivity contribution in [1.29, 1.82) is 0 Å². The summed E-state index contributed by atoms with van der Waals surface area (Å²) in [5.41, 5.74) is 10.4. The van der Waals surface area contributed by atoms with E-state index in [0.29, 0.717) is 0 Å². The maximum atomic E-state index is 4.74. The number of aromatic nitrogens is 2. The number of hydrogen-bond acceptors (Lipinski definition) is 1. The Morgan fingerprint density at radius 2 is 1.73 bits per heavy atom. The van der Waals surface area contributed by atoms with E-state index >= 15 is 0 Å². The van der Waals surface area contributed by atoms with E-state index in [9.17, 15) is 0 Å². The van der Waals surface area contributed by atoms with Crippen LogP contribution < -0.4 is 4.57 Å². The molecule has 1 aromatic heterocycles. The molecule has 108 valence electrons. The second-order valence-corrected chi connectivity index (χ2v) is 6.13. The van der Waals surface area contributed by atoms with E-state index in [0.717, 1.165) is 12.1 Å². The highest BCUT2D eigenvalue weighted by Crippen LogP contribution is 2.40.